The Morgan fingerprint density at radius 2 is 1.83 bits per heavy atom. The van der Waals surface area contributed by atoms with E-state index in [1.54, 1.807) is 30.3 Å². The van der Waals surface area contributed by atoms with E-state index >= 15 is 0 Å². The number of halogens is 2. The average Bonchev–Trinajstić information content (AvgIpc) is 2.46. The molecule has 0 spiro atoms. The summed E-state index contributed by atoms with van der Waals surface area (Å²) in [5, 5.41) is 13.5. The van der Waals surface area contributed by atoms with Gasteiger partial charge in [-0.2, -0.15) is 0 Å². The van der Waals surface area contributed by atoms with Crippen molar-refractivity contribution in [2.75, 3.05) is 5.32 Å². The number of pyridine rings is 1. The van der Waals surface area contributed by atoms with E-state index in [4.69, 9.17) is 23.2 Å². The summed E-state index contributed by atoms with van der Waals surface area (Å²) in [6.07, 6.45) is 0. The summed E-state index contributed by atoms with van der Waals surface area (Å²) in [5.41, 5.74) is -0.396. The third-order valence-corrected chi connectivity index (χ3v) is 3.78. The number of carbonyl (C=O) groups excluding carboxylic acids is 1. The van der Waals surface area contributed by atoms with Crippen molar-refractivity contribution in [3.63, 3.8) is 0 Å². The van der Waals surface area contributed by atoms with Crippen LogP contribution in [0.25, 0.3) is 10.9 Å². The molecule has 116 valence electrons. The number of hydrogen-bond acceptors (Lipinski definition) is 3. The highest BCUT2D eigenvalue weighted by Gasteiger charge is 2.21. The molecule has 23 heavy (non-hydrogen) atoms. The molecule has 0 saturated carbocycles. The van der Waals surface area contributed by atoms with Crippen LogP contribution in [0, 0.1) is 0 Å². The lowest BCUT2D eigenvalue weighted by molar-refractivity contribution is 0.102. The van der Waals surface area contributed by atoms with E-state index in [-0.39, 0.29) is 15.9 Å². The summed E-state index contributed by atoms with van der Waals surface area (Å²) in [6, 6.07) is 11.5. The molecule has 2 aromatic carbocycles. The van der Waals surface area contributed by atoms with Crippen LogP contribution in [0.15, 0.2) is 47.3 Å². The van der Waals surface area contributed by atoms with Gasteiger partial charge in [0, 0.05) is 10.7 Å². The zero-order valence-corrected chi connectivity index (χ0v) is 13.1. The highest BCUT2D eigenvalue weighted by Crippen LogP contribution is 2.34. The van der Waals surface area contributed by atoms with Gasteiger partial charge in [-0.15, -0.1) is 0 Å². The lowest BCUT2D eigenvalue weighted by Crippen LogP contribution is -2.23. The molecule has 0 bridgehead atoms. The van der Waals surface area contributed by atoms with Gasteiger partial charge in [-0.05, 0) is 24.3 Å². The Labute approximate surface area is 140 Å². The number of carbonyl (C=O) groups is 1. The van der Waals surface area contributed by atoms with Gasteiger partial charge in [-0.25, -0.2) is 0 Å². The van der Waals surface area contributed by atoms with Crippen LogP contribution in [0.5, 0.6) is 5.75 Å². The first-order valence-corrected chi connectivity index (χ1v) is 7.33. The van der Waals surface area contributed by atoms with Crippen molar-refractivity contribution in [3.05, 3.63) is 68.4 Å². The predicted octanol–water partition coefficient (Wildman–Crippen LogP) is 3.79. The van der Waals surface area contributed by atoms with Gasteiger partial charge in [0.1, 0.15) is 11.3 Å². The van der Waals surface area contributed by atoms with Crippen LogP contribution in [0.1, 0.15) is 10.4 Å². The highest BCUT2D eigenvalue weighted by atomic mass is 35.5. The summed E-state index contributed by atoms with van der Waals surface area (Å²) in [4.78, 5) is 27.0. The number of fused-ring (bicyclic) bond motifs is 1. The summed E-state index contributed by atoms with van der Waals surface area (Å²) in [7, 11) is 0. The van der Waals surface area contributed by atoms with Crippen LogP contribution in [-0.2, 0) is 0 Å². The van der Waals surface area contributed by atoms with Gasteiger partial charge in [0.25, 0.3) is 11.5 Å². The van der Waals surface area contributed by atoms with Crippen molar-refractivity contribution in [1.82, 2.24) is 4.98 Å². The number of amides is 1. The number of para-hydroxylation sites is 1. The average molecular weight is 349 g/mol. The number of rotatable bonds is 2. The molecule has 1 amide bonds. The van der Waals surface area contributed by atoms with Crippen molar-refractivity contribution in [2.45, 2.75) is 0 Å². The number of nitrogens with one attached hydrogen (secondary N) is 2. The number of aromatic nitrogens is 1. The first-order chi connectivity index (χ1) is 11.0. The minimum absolute atomic E-state index is 0.134. The van der Waals surface area contributed by atoms with Gasteiger partial charge in [0.15, 0.2) is 0 Å². The molecule has 0 aliphatic carbocycles. The Bertz CT molecular complexity index is 968. The Hall–Kier alpha value is -2.50. The first kappa shape index (κ1) is 15.4. The van der Waals surface area contributed by atoms with Gasteiger partial charge >= 0.3 is 0 Å². The Morgan fingerprint density at radius 1 is 1.13 bits per heavy atom. The van der Waals surface area contributed by atoms with E-state index in [1.807, 2.05) is 0 Å². The van der Waals surface area contributed by atoms with E-state index in [2.05, 4.69) is 10.3 Å². The molecule has 3 aromatic rings. The number of aromatic amines is 1. The molecule has 1 aromatic heterocycles. The van der Waals surface area contributed by atoms with Crippen LogP contribution >= 0.6 is 23.2 Å². The van der Waals surface area contributed by atoms with Gasteiger partial charge in [-0.1, -0.05) is 41.4 Å². The fraction of sp³-hybridized carbons (Fsp3) is 0. The standard InChI is InChI=1S/C16H10Cl2N2O3/c17-8-6-10(18)12-11(7-8)20-16(23)13(14(12)21)15(22)19-9-4-2-1-3-5-9/h1-7H,(H,19,22)(H2,20,21,23). The first-order valence-electron chi connectivity index (χ1n) is 6.58. The molecule has 3 N–H and O–H groups in total. The molecular weight excluding hydrogens is 339 g/mol. The molecular formula is C16H10Cl2N2O3. The minimum Gasteiger partial charge on any atom is -0.506 e. The molecule has 0 unspecified atom stereocenters. The molecule has 0 saturated heterocycles. The van der Waals surface area contributed by atoms with E-state index < -0.39 is 22.8 Å². The van der Waals surface area contributed by atoms with E-state index in [0.29, 0.717) is 10.7 Å². The van der Waals surface area contributed by atoms with Crippen LogP contribution in [0.4, 0.5) is 5.69 Å². The maximum Gasteiger partial charge on any atom is 0.265 e. The number of hydrogen-bond donors (Lipinski definition) is 3. The Balaban J connectivity index is 2.14. The summed E-state index contributed by atoms with van der Waals surface area (Å²) in [6.45, 7) is 0. The third-order valence-electron chi connectivity index (χ3n) is 3.26. The Morgan fingerprint density at radius 3 is 2.52 bits per heavy atom. The normalized spacial score (nSPS) is 10.7. The lowest BCUT2D eigenvalue weighted by atomic mass is 10.1. The van der Waals surface area contributed by atoms with E-state index in [0.717, 1.165) is 0 Å². The van der Waals surface area contributed by atoms with Gasteiger partial charge in [0.05, 0.1) is 15.9 Å². The van der Waals surface area contributed by atoms with Crippen molar-refractivity contribution >= 4 is 45.7 Å². The maximum atomic E-state index is 12.3. The summed E-state index contributed by atoms with van der Waals surface area (Å²) >= 11 is 11.9. The highest BCUT2D eigenvalue weighted by molar-refractivity contribution is 6.39. The molecule has 7 heteroatoms. The van der Waals surface area contributed by atoms with Crippen LogP contribution < -0.4 is 10.9 Å². The molecule has 0 aliphatic rings. The molecule has 0 fully saturated rings. The summed E-state index contributed by atoms with van der Waals surface area (Å²) in [5.74, 6) is -1.22. The second-order valence-electron chi connectivity index (χ2n) is 4.81. The second-order valence-corrected chi connectivity index (χ2v) is 5.65. The molecule has 0 aliphatic heterocycles. The zero-order valence-electron chi connectivity index (χ0n) is 11.6. The van der Waals surface area contributed by atoms with Crippen molar-refractivity contribution in [3.8, 4) is 5.75 Å². The number of anilines is 1. The van der Waals surface area contributed by atoms with Gasteiger partial charge in [0.2, 0.25) is 0 Å². The topological polar surface area (TPSA) is 82.2 Å². The van der Waals surface area contributed by atoms with Crippen LogP contribution in [0.2, 0.25) is 10.0 Å². The monoisotopic (exact) mass is 348 g/mol. The quantitative estimate of drug-likeness (QED) is 0.658. The van der Waals surface area contributed by atoms with Crippen molar-refractivity contribution in [1.29, 1.82) is 0 Å². The molecule has 5 nitrogen and oxygen atoms in total. The van der Waals surface area contributed by atoms with Crippen LogP contribution in [-0.4, -0.2) is 16.0 Å². The van der Waals surface area contributed by atoms with Crippen molar-refractivity contribution in [2.24, 2.45) is 0 Å². The van der Waals surface area contributed by atoms with E-state index in [9.17, 15) is 14.7 Å². The number of H-pyrrole nitrogens is 1. The second kappa shape index (κ2) is 5.95. The molecule has 1 heterocycles. The minimum atomic E-state index is -0.734. The Kier molecular flexibility index (Phi) is 3.98. The SMILES string of the molecule is O=C(Nc1ccccc1)c1c(O)c2c(Cl)cc(Cl)cc2[nH]c1=O. The molecule has 0 radical (unpaired) electrons. The van der Waals surface area contributed by atoms with Gasteiger partial charge in [-0.3, -0.25) is 9.59 Å². The summed E-state index contributed by atoms with van der Waals surface area (Å²) < 4.78 is 0. The fourth-order valence-electron chi connectivity index (χ4n) is 2.26. The molecule has 3 rings (SSSR count). The van der Waals surface area contributed by atoms with Crippen molar-refractivity contribution < 1.29 is 9.90 Å². The predicted molar refractivity (Wildman–Crippen MR) is 90.6 cm³/mol. The number of benzene rings is 2. The van der Waals surface area contributed by atoms with Crippen LogP contribution in [0.3, 0.4) is 0 Å². The van der Waals surface area contributed by atoms with Gasteiger partial charge < -0.3 is 15.4 Å². The third kappa shape index (κ3) is 2.88. The van der Waals surface area contributed by atoms with E-state index in [1.165, 1.54) is 12.1 Å². The largest absolute Gasteiger partial charge is 0.506 e. The maximum absolute atomic E-state index is 12.3. The fourth-order valence-corrected chi connectivity index (χ4v) is 2.84. The molecule has 0 atom stereocenters. The number of aromatic hydroxyl groups is 1. The lowest BCUT2D eigenvalue weighted by Gasteiger charge is -2.10. The zero-order chi connectivity index (χ0) is 16.6. The smallest absolute Gasteiger partial charge is 0.265 e.